The van der Waals surface area contributed by atoms with Gasteiger partial charge >= 0.3 is 0 Å². The average Bonchev–Trinajstić information content (AvgIpc) is 3.83. The molecule has 6 heteroatoms. The van der Waals surface area contributed by atoms with Crippen LogP contribution in [0.3, 0.4) is 0 Å². The van der Waals surface area contributed by atoms with Crippen molar-refractivity contribution < 1.29 is 8.83 Å². The summed E-state index contributed by atoms with van der Waals surface area (Å²) >= 11 is 0. The highest BCUT2D eigenvalue weighted by molar-refractivity contribution is 6.17. The Balaban J connectivity index is 1.21. The van der Waals surface area contributed by atoms with Crippen LogP contribution in [0, 0.1) is 62.3 Å². The molecule has 2 heterocycles. The fourth-order valence-corrected chi connectivity index (χ4v) is 9.26. The summed E-state index contributed by atoms with van der Waals surface area (Å²) < 4.78 is 13.6. The van der Waals surface area contributed by atoms with E-state index < -0.39 is 0 Å². The Bertz CT molecular complexity index is 3210. The molecule has 6 nitrogen and oxygen atoms in total. The SMILES string of the molecule is CC(=Nc1c(C)cc(C)cc1C)c1oc(C(C)=Nc2c(C)cc(C)cc2C)c2cc(Cc3cccc(C)c3N=C(C)c3oc(C(C)=Nc4c(C)cccc4C)c4ccccc34)ccc12. The number of furan rings is 2. The number of aliphatic imine (C=N–C) groups is 4. The zero-order valence-corrected chi connectivity index (χ0v) is 39.6. The van der Waals surface area contributed by atoms with E-state index in [0.29, 0.717) is 6.42 Å². The van der Waals surface area contributed by atoms with Crippen LogP contribution >= 0.6 is 0 Å². The van der Waals surface area contributed by atoms with Gasteiger partial charge in [0.05, 0.1) is 45.6 Å². The van der Waals surface area contributed by atoms with Crippen molar-refractivity contribution in [3.63, 3.8) is 0 Å². The number of hydrogen-bond acceptors (Lipinski definition) is 6. The number of nitrogens with zero attached hydrogens (tertiary/aromatic N) is 4. The molecular formula is C58H58N4O2. The highest BCUT2D eigenvalue weighted by Gasteiger charge is 2.22. The van der Waals surface area contributed by atoms with Crippen molar-refractivity contribution in [2.45, 2.75) is 96.4 Å². The summed E-state index contributed by atoms with van der Waals surface area (Å²) in [6.07, 6.45) is 0.663. The summed E-state index contributed by atoms with van der Waals surface area (Å²) in [5, 5.41) is 4.04. The summed E-state index contributed by atoms with van der Waals surface area (Å²) in [4.78, 5) is 20.9. The Kier molecular flexibility index (Phi) is 12.1. The first-order valence-electron chi connectivity index (χ1n) is 22.2. The maximum atomic E-state index is 6.89. The molecule has 8 aromatic rings. The van der Waals surface area contributed by atoms with Crippen molar-refractivity contribution in [3.05, 3.63) is 187 Å². The Morgan fingerprint density at radius 1 is 0.359 bits per heavy atom. The van der Waals surface area contributed by atoms with Crippen molar-refractivity contribution in [2.24, 2.45) is 20.0 Å². The van der Waals surface area contributed by atoms with Gasteiger partial charge in [-0.05, 0) is 153 Å². The molecule has 0 aliphatic carbocycles. The maximum Gasteiger partial charge on any atom is 0.156 e. The molecule has 0 saturated carbocycles. The molecule has 0 saturated heterocycles. The number of para-hydroxylation sites is 2. The van der Waals surface area contributed by atoms with Gasteiger partial charge in [-0.2, -0.15) is 0 Å². The lowest BCUT2D eigenvalue weighted by atomic mass is 9.97. The molecule has 0 spiro atoms. The van der Waals surface area contributed by atoms with Crippen LogP contribution in [0.4, 0.5) is 22.7 Å². The van der Waals surface area contributed by atoms with E-state index in [4.69, 9.17) is 28.8 Å². The van der Waals surface area contributed by atoms with Crippen LogP contribution in [0.25, 0.3) is 21.5 Å². The second-order valence-electron chi connectivity index (χ2n) is 17.7. The maximum absolute atomic E-state index is 6.89. The third-order valence-corrected chi connectivity index (χ3v) is 12.3. The second kappa shape index (κ2) is 17.7. The topological polar surface area (TPSA) is 75.7 Å². The largest absolute Gasteiger partial charge is 0.452 e. The molecule has 0 bridgehead atoms. The molecule has 2 aromatic heterocycles. The van der Waals surface area contributed by atoms with Gasteiger partial charge in [0.1, 0.15) is 0 Å². The van der Waals surface area contributed by atoms with Crippen LogP contribution in [0.2, 0.25) is 0 Å². The van der Waals surface area contributed by atoms with Gasteiger partial charge in [0, 0.05) is 21.5 Å². The van der Waals surface area contributed by atoms with Gasteiger partial charge in [-0.1, -0.05) is 108 Å². The average molecular weight is 843 g/mol. The van der Waals surface area contributed by atoms with Gasteiger partial charge in [-0.25, -0.2) is 20.0 Å². The fourth-order valence-electron chi connectivity index (χ4n) is 9.26. The lowest BCUT2D eigenvalue weighted by Crippen LogP contribution is -1.97. The van der Waals surface area contributed by atoms with Crippen molar-refractivity contribution in [2.75, 3.05) is 0 Å². The molecular weight excluding hydrogens is 785 g/mol. The Morgan fingerprint density at radius 3 is 1.17 bits per heavy atom. The predicted octanol–water partition coefficient (Wildman–Crippen LogP) is 16.1. The molecule has 0 amide bonds. The molecule has 0 fully saturated rings. The van der Waals surface area contributed by atoms with E-state index in [9.17, 15) is 0 Å². The summed E-state index contributed by atoms with van der Waals surface area (Å²) in [5.74, 6) is 2.99. The highest BCUT2D eigenvalue weighted by atomic mass is 16.3. The van der Waals surface area contributed by atoms with Crippen LogP contribution in [-0.2, 0) is 6.42 Å². The number of hydrogen-bond donors (Lipinski definition) is 0. The molecule has 6 aromatic carbocycles. The lowest BCUT2D eigenvalue weighted by molar-refractivity contribution is 0.553. The van der Waals surface area contributed by atoms with Crippen LogP contribution in [0.1, 0.15) is 112 Å². The molecule has 322 valence electrons. The van der Waals surface area contributed by atoms with Gasteiger partial charge < -0.3 is 8.83 Å². The molecule has 0 aliphatic rings. The number of aryl methyl sites for hydroxylation is 9. The molecule has 0 radical (unpaired) electrons. The summed E-state index contributed by atoms with van der Waals surface area (Å²) in [6.45, 7) is 27.2. The molecule has 0 unspecified atom stereocenters. The van der Waals surface area contributed by atoms with E-state index in [1.54, 1.807) is 0 Å². The molecule has 0 N–H and O–H groups in total. The first-order chi connectivity index (χ1) is 30.6. The number of benzene rings is 6. The van der Waals surface area contributed by atoms with Crippen molar-refractivity contribution in [1.82, 2.24) is 0 Å². The first kappa shape index (κ1) is 43.7. The minimum Gasteiger partial charge on any atom is -0.452 e. The minimum atomic E-state index is 0.663. The Morgan fingerprint density at radius 2 is 0.719 bits per heavy atom. The zero-order chi connectivity index (χ0) is 45.6. The normalized spacial score (nSPS) is 12.9. The number of rotatable bonds is 10. The highest BCUT2D eigenvalue weighted by Crippen LogP contribution is 2.36. The van der Waals surface area contributed by atoms with Crippen LogP contribution in [0.5, 0.6) is 0 Å². The Labute approximate surface area is 378 Å². The smallest absolute Gasteiger partial charge is 0.156 e. The second-order valence-corrected chi connectivity index (χ2v) is 17.7. The predicted molar refractivity (Wildman–Crippen MR) is 271 cm³/mol. The Hall–Kier alpha value is -6.92. The van der Waals surface area contributed by atoms with Crippen LogP contribution in [-0.4, -0.2) is 22.8 Å². The van der Waals surface area contributed by atoms with Crippen molar-refractivity contribution in [3.8, 4) is 0 Å². The quantitative estimate of drug-likeness (QED) is 0.129. The third-order valence-electron chi connectivity index (χ3n) is 12.3. The first-order valence-corrected chi connectivity index (χ1v) is 22.2. The van der Waals surface area contributed by atoms with Gasteiger partial charge in [-0.15, -0.1) is 0 Å². The number of fused-ring (bicyclic) bond motifs is 2. The van der Waals surface area contributed by atoms with E-state index in [-0.39, 0.29) is 0 Å². The van der Waals surface area contributed by atoms with Crippen molar-refractivity contribution in [1.29, 1.82) is 0 Å². The van der Waals surface area contributed by atoms with E-state index in [1.807, 2.05) is 33.8 Å². The van der Waals surface area contributed by atoms with E-state index in [1.165, 1.54) is 11.1 Å². The van der Waals surface area contributed by atoms with E-state index in [2.05, 4.69) is 159 Å². The fraction of sp³-hybridized carbons (Fsp3) is 0.241. The van der Waals surface area contributed by atoms with Crippen molar-refractivity contribution >= 4 is 67.1 Å². The van der Waals surface area contributed by atoms with Gasteiger partial charge in [0.25, 0.3) is 0 Å². The van der Waals surface area contributed by atoms with Gasteiger partial charge in [0.15, 0.2) is 23.0 Å². The zero-order valence-electron chi connectivity index (χ0n) is 39.6. The van der Waals surface area contributed by atoms with E-state index >= 15 is 0 Å². The summed E-state index contributed by atoms with van der Waals surface area (Å²) in [5.41, 5.74) is 19.7. The standard InChI is InChI=1S/C58H58N4O2/c1-32-26-37(6)52(38(7)27-32)60-42(11)57-49-25-24-45(31-50(49)58(64-57)44(13)61-53-39(8)28-33(2)29-40(53)9)30-46-21-17-20-36(5)54(46)62-43(12)56-48-23-15-14-22-47(48)55(63-56)41(10)59-51-34(3)18-16-19-35(51)4/h14-29,31H,30H2,1-13H3. The monoisotopic (exact) mass is 842 g/mol. The van der Waals surface area contributed by atoms with Gasteiger partial charge in [-0.3, -0.25) is 0 Å². The lowest BCUT2D eigenvalue weighted by Gasteiger charge is -2.11. The third kappa shape index (κ3) is 8.57. The minimum absolute atomic E-state index is 0.663. The van der Waals surface area contributed by atoms with E-state index in [0.717, 1.165) is 140 Å². The molecule has 8 rings (SSSR count). The van der Waals surface area contributed by atoms with Crippen LogP contribution < -0.4 is 0 Å². The summed E-state index contributed by atoms with van der Waals surface area (Å²) in [6, 6.07) is 36.4. The molecule has 64 heavy (non-hydrogen) atoms. The molecule has 0 atom stereocenters. The molecule has 0 aliphatic heterocycles. The van der Waals surface area contributed by atoms with Crippen LogP contribution in [0.15, 0.2) is 132 Å². The van der Waals surface area contributed by atoms with Gasteiger partial charge in [0.2, 0.25) is 0 Å². The summed E-state index contributed by atoms with van der Waals surface area (Å²) in [7, 11) is 0.